The third-order valence-electron chi connectivity index (χ3n) is 3.22. The lowest BCUT2D eigenvalue weighted by molar-refractivity contribution is 0.0528. The van der Waals surface area contributed by atoms with Crippen molar-refractivity contribution in [1.29, 1.82) is 0 Å². The van der Waals surface area contributed by atoms with Crippen LogP contribution in [0.2, 0.25) is 0 Å². The van der Waals surface area contributed by atoms with Gasteiger partial charge in [0.15, 0.2) is 0 Å². The quantitative estimate of drug-likeness (QED) is 0.887. The van der Waals surface area contributed by atoms with Gasteiger partial charge in [0.2, 0.25) is 0 Å². The van der Waals surface area contributed by atoms with Crippen molar-refractivity contribution < 1.29 is 4.74 Å². The molecule has 0 spiro atoms. The number of nitrogens with one attached hydrogen (secondary N) is 1. The molecule has 1 N–H and O–H groups in total. The number of nitrogens with zero attached hydrogens (tertiary/aromatic N) is 3. The van der Waals surface area contributed by atoms with Crippen LogP contribution in [0, 0.1) is 0 Å². The van der Waals surface area contributed by atoms with E-state index in [1.807, 2.05) is 7.05 Å². The maximum Gasteiger partial charge on any atom is 0.137 e. The molecule has 2 rings (SSSR count). The van der Waals surface area contributed by atoms with Gasteiger partial charge in [-0.05, 0) is 12.8 Å². The minimum atomic E-state index is 0.256. The third kappa shape index (κ3) is 2.56. The van der Waals surface area contributed by atoms with Crippen LogP contribution in [0.4, 0.5) is 11.6 Å². The summed E-state index contributed by atoms with van der Waals surface area (Å²) in [5, 5.41) is 3.16. The van der Waals surface area contributed by atoms with E-state index < -0.39 is 0 Å². The molecule has 0 aromatic carbocycles. The fraction of sp³-hybridized carbons (Fsp3) is 0.692. The molecule has 1 aromatic rings. The topological polar surface area (TPSA) is 50.3 Å². The standard InChI is InChI=1S/C13H22N4O/c1-9(2)11-12(14-4)15-8-16-13(11)17-5-6-18-10(3)7-17/h8-10H,5-7H2,1-4H3,(H,14,15,16). The predicted octanol–water partition coefficient (Wildman–Crippen LogP) is 1.87. The van der Waals surface area contributed by atoms with Gasteiger partial charge in [0, 0.05) is 25.7 Å². The fourth-order valence-electron chi connectivity index (χ4n) is 2.38. The van der Waals surface area contributed by atoms with Gasteiger partial charge in [-0.25, -0.2) is 9.97 Å². The summed E-state index contributed by atoms with van der Waals surface area (Å²) < 4.78 is 5.59. The Labute approximate surface area is 109 Å². The molecule has 1 aliphatic rings. The molecule has 1 aromatic heterocycles. The molecular formula is C13H22N4O. The van der Waals surface area contributed by atoms with Gasteiger partial charge >= 0.3 is 0 Å². The van der Waals surface area contributed by atoms with E-state index >= 15 is 0 Å². The molecule has 1 saturated heterocycles. The van der Waals surface area contributed by atoms with Gasteiger partial charge in [0.1, 0.15) is 18.0 Å². The zero-order chi connectivity index (χ0) is 13.1. The van der Waals surface area contributed by atoms with Crippen molar-refractivity contribution in [2.24, 2.45) is 0 Å². The van der Waals surface area contributed by atoms with Crippen LogP contribution in [0.15, 0.2) is 6.33 Å². The van der Waals surface area contributed by atoms with E-state index in [-0.39, 0.29) is 6.10 Å². The molecule has 5 heteroatoms. The Morgan fingerprint density at radius 1 is 1.44 bits per heavy atom. The first kappa shape index (κ1) is 13.1. The second-order valence-corrected chi connectivity index (χ2v) is 4.99. The highest BCUT2D eigenvalue weighted by atomic mass is 16.5. The van der Waals surface area contributed by atoms with Gasteiger partial charge in [0.05, 0.1) is 12.7 Å². The Balaban J connectivity index is 2.36. The summed E-state index contributed by atoms with van der Waals surface area (Å²) in [5.74, 6) is 2.36. The molecule has 0 amide bonds. The number of rotatable bonds is 3. The van der Waals surface area contributed by atoms with E-state index in [0.717, 1.165) is 31.3 Å². The van der Waals surface area contributed by atoms with Crippen molar-refractivity contribution in [2.75, 3.05) is 37.0 Å². The maximum absolute atomic E-state index is 5.59. The van der Waals surface area contributed by atoms with Crippen molar-refractivity contribution >= 4 is 11.6 Å². The SMILES string of the molecule is CNc1ncnc(N2CCOC(C)C2)c1C(C)C. The van der Waals surface area contributed by atoms with Crippen LogP contribution >= 0.6 is 0 Å². The Morgan fingerprint density at radius 2 is 2.22 bits per heavy atom. The van der Waals surface area contributed by atoms with Crippen LogP contribution < -0.4 is 10.2 Å². The van der Waals surface area contributed by atoms with E-state index in [0.29, 0.717) is 5.92 Å². The Bertz CT molecular complexity index is 408. The van der Waals surface area contributed by atoms with Crippen LogP contribution in [-0.2, 0) is 4.74 Å². The average Bonchev–Trinajstić information content (AvgIpc) is 2.37. The summed E-state index contributed by atoms with van der Waals surface area (Å²) in [6, 6.07) is 0. The minimum absolute atomic E-state index is 0.256. The monoisotopic (exact) mass is 250 g/mol. The number of ether oxygens (including phenoxy) is 1. The zero-order valence-electron chi connectivity index (χ0n) is 11.6. The molecule has 100 valence electrons. The van der Waals surface area contributed by atoms with Gasteiger partial charge in [-0.15, -0.1) is 0 Å². The van der Waals surface area contributed by atoms with Crippen LogP contribution in [0.3, 0.4) is 0 Å². The van der Waals surface area contributed by atoms with Crippen LogP contribution in [0.5, 0.6) is 0 Å². The highest BCUT2D eigenvalue weighted by Crippen LogP contribution is 2.31. The summed E-state index contributed by atoms with van der Waals surface area (Å²) in [5.41, 5.74) is 1.19. The average molecular weight is 250 g/mol. The summed E-state index contributed by atoms with van der Waals surface area (Å²) in [6.07, 6.45) is 1.89. The molecule has 1 aliphatic heterocycles. The Kier molecular flexibility index (Phi) is 4.01. The van der Waals surface area contributed by atoms with Gasteiger partial charge < -0.3 is 15.0 Å². The number of anilines is 2. The smallest absolute Gasteiger partial charge is 0.137 e. The molecule has 1 fully saturated rings. The van der Waals surface area contributed by atoms with E-state index in [1.165, 1.54) is 5.56 Å². The summed E-state index contributed by atoms with van der Waals surface area (Å²) in [7, 11) is 1.90. The minimum Gasteiger partial charge on any atom is -0.375 e. The lowest BCUT2D eigenvalue weighted by atomic mass is 10.0. The molecule has 1 atom stereocenters. The number of morpholine rings is 1. The second-order valence-electron chi connectivity index (χ2n) is 4.99. The maximum atomic E-state index is 5.59. The van der Waals surface area contributed by atoms with Crippen LogP contribution in [-0.4, -0.2) is 42.8 Å². The first-order valence-electron chi connectivity index (χ1n) is 6.52. The summed E-state index contributed by atoms with van der Waals surface area (Å²) >= 11 is 0. The Hall–Kier alpha value is -1.36. The van der Waals surface area contributed by atoms with Gasteiger partial charge in [-0.1, -0.05) is 13.8 Å². The molecule has 2 heterocycles. The van der Waals surface area contributed by atoms with Crippen molar-refractivity contribution in [1.82, 2.24) is 9.97 Å². The second kappa shape index (κ2) is 5.52. The molecule has 18 heavy (non-hydrogen) atoms. The van der Waals surface area contributed by atoms with Gasteiger partial charge in [0.25, 0.3) is 0 Å². The highest BCUT2D eigenvalue weighted by Gasteiger charge is 2.23. The number of aromatic nitrogens is 2. The molecule has 0 aliphatic carbocycles. The van der Waals surface area contributed by atoms with Crippen molar-refractivity contribution in [3.05, 3.63) is 11.9 Å². The van der Waals surface area contributed by atoms with Gasteiger partial charge in [-0.2, -0.15) is 0 Å². The van der Waals surface area contributed by atoms with E-state index in [9.17, 15) is 0 Å². The predicted molar refractivity (Wildman–Crippen MR) is 73.3 cm³/mol. The van der Waals surface area contributed by atoms with E-state index in [1.54, 1.807) is 6.33 Å². The highest BCUT2D eigenvalue weighted by molar-refractivity contribution is 5.60. The molecule has 0 bridgehead atoms. The lowest BCUT2D eigenvalue weighted by Gasteiger charge is -2.34. The molecule has 0 radical (unpaired) electrons. The van der Waals surface area contributed by atoms with E-state index in [2.05, 4.69) is 41.0 Å². The first-order chi connectivity index (χ1) is 8.63. The first-order valence-corrected chi connectivity index (χ1v) is 6.52. The largest absolute Gasteiger partial charge is 0.375 e. The molecular weight excluding hydrogens is 228 g/mol. The van der Waals surface area contributed by atoms with Crippen molar-refractivity contribution in [3.63, 3.8) is 0 Å². The molecule has 1 unspecified atom stereocenters. The third-order valence-corrected chi connectivity index (χ3v) is 3.22. The summed E-state index contributed by atoms with van der Waals surface area (Å²) in [6.45, 7) is 8.99. The van der Waals surface area contributed by atoms with Crippen molar-refractivity contribution in [2.45, 2.75) is 32.8 Å². The number of hydrogen-bond donors (Lipinski definition) is 1. The van der Waals surface area contributed by atoms with Crippen LogP contribution in [0.1, 0.15) is 32.3 Å². The lowest BCUT2D eigenvalue weighted by Crippen LogP contribution is -2.42. The summed E-state index contributed by atoms with van der Waals surface area (Å²) in [4.78, 5) is 11.1. The van der Waals surface area contributed by atoms with Gasteiger partial charge in [-0.3, -0.25) is 0 Å². The molecule has 5 nitrogen and oxygen atoms in total. The zero-order valence-corrected chi connectivity index (χ0v) is 11.6. The van der Waals surface area contributed by atoms with Crippen molar-refractivity contribution in [3.8, 4) is 0 Å². The fourth-order valence-corrected chi connectivity index (χ4v) is 2.38. The van der Waals surface area contributed by atoms with E-state index in [4.69, 9.17) is 4.74 Å². The normalized spacial score (nSPS) is 20.3. The number of hydrogen-bond acceptors (Lipinski definition) is 5. The van der Waals surface area contributed by atoms with Crippen LogP contribution in [0.25, 0.3) is 0 Å². The Morgan fingerprint density at radius 3 is 2.83 bits per heavy atom. The molecule has 0 saturated carbocycles.